The number of hydrogen-bond acceptors (Lipinski definition) is 3. The smallest absolute Gasteiger partial charge is 0.394 e. The van der Waals surface area contributed by atoms with Crippen molar-refractivity contribution >= 4 is 16.7 Å². The van der Waals surface area contributed by atoms with Crippen LogP contribution in [0, 0.1) is 0 Å². The lowest BCUT2D eigenvalue weighted by molar-refractivity contribution is -0.127. The second-order valence-corrected chi connectivity index (χ2v) is 5.71. The van der Waals surface area contributed by atoms with Crippen LogP contribution in [-0.2, 0) is 11.2 Å². The predicted molar refractivity (Wildman–Crippen MR) is 92.9 cm³/mol. The minimum atomic E-state index is -4.41. The number of carbonyl (C=O) groups excluding carboxylic acids is 1. The van der Waals surface area contributed by atoms with E-state index in [2.05, 4.69) is 4.98 Å². The van der Waals surface area contributed by atoms with Gasteiger partial charge in [0.25, 0.3) is 0 Å². The van der Waals surface area contributed by atoms with Gasteiger partial charge in [-0.2, -0.15) is 13.2 Å². The highest BCUT2D eigenvalue weighted by Gasteiger charge is 2.31. The molecule has 0 N–H and O–H groups in total. The molecule has 0 unspecified atom stereocenters. The lowest BCUT2D eigenvalue weighted by Gasteiger charge is -2.16. The van der Waals surface area contributed by atoms with Gasteiger partial charge in [0.05, 0.1) is 30.0 Å². The van der Waals surface area contributed by atoms with Gasteiger partial charge in [-0.1, -0.05) is 54.6 Å². The summed E-state index contributed by atoms with van der Waals surface area (Å²) >= 11 is 0. The number of esters is 1. The lowest BCUT2D eigenvalue weighted by Crippen LogP contribution is -2.16. The molecule has 1 aromatic heterocycles. The molecule has 0 aliphatic heterocycles. The number of nitrogens with zero attached hydrogens (tertiary/aromatic N) is 1. The molecule has 0 saturated carbocycles. The Labute approximate surface area is 148 Å². The minimum Gasteiger partial charge on any atom is -0.462 e. The van der Waals surface area contributed by atoms with Crippen LogP contribution in [0.25, 0.3) is 22.0 Å². The average Bonchev–Trinajstić information content (AvgIpc) is 2.61. The summed E-state index contributed by atoms with van der Waals surface area (Å²) in [7, 11) is 0. The standard InChI is InChI=1S/C20H16F3NO2/c1-2-26-19(25)17-15-11-7-6-10-14(15)16(12-20(21,22)23)24-18(17)13-8-4-3-5-9-13/h3-11H,2,12H2,1H3. The zero-order valence-electron chi connectivity index (χ0n) is 14.0. The number of alkyl halides is 3. The van der Waals surface area contributed by atoms with E-state index in [4.69, 9.17) is 4.74 Å². The van der Waals surface area contributed by atoms with Gasteiger partial charge in [0.1, 0.15) is 0 Å². The molecule has 1 heterocycles. The Morgan fingerprint density at radius 2 is 1.62 bits per heavy atom. The number of halogens is 3. The van der Waals surface area contributed by atoms with Gasteiger partial charge in [-0.3, -0.25) is 4.98 Å². The molecule has 0 radical (unpaired) electrons. The van der Waals surface area contributed by atoms with Crippen molar-refractivity contribution in [2.24, 2.45) is 0 Å². The molecule has 0 spiro atoms. The first kappa shape index (κ1) is 17.9. The number of pyridine rings is 1. The fourth-order valence-corrected chi connectivity index (χ4v) is 2.87. The molecule has 0 aliphatic rings. The highest BCUT2D eigenvalue weighted by atomic mass is 19.4. The Bertz CT molecular complexity index is 937. The molecule has 0 atom stereocenters. The topological polar surface area (TPSA) is 39.2 Å². The maximum Gasteiger partial charge on any atom is 0.394 e. The molecule has 2 aromatic carbocycles. The highest BCUT2D eigenvalue weighted by Crippen LogP contribution is 2.33. The summed E-state index contributed by atoms with van der Waals surface area (Å²) in [5.74, 6) is -0.603. The van der Waals surface area contributed by atoms with Crippen LogP contribution in [0.3, 0.4) is 0 Å². The van der Waals surface area contributed by atoms with Gasteiger partial charge in [0, 0.05) is 16.3 Å². The molecule has 0 aliphatic carbocycles. The maximum absolute atomic E-state index is 13.1. The van der Waals surface area contributed by atoms with Gasteiger partial charge >= 0.3 is 12.1 Å². The van der Waals surface area contributed by atoms with E-state index in [0.717, 1.165) is 0 Å². The molecule has 0 bridgehead atoms. The van der Waals surface area contributed by atoms with Crippen LogP contribution in [-0.4, -0.2) is 23.7 Å². The Hall–Kier alpha value is -2.89. The number of benzene rings is 2. The van der Waals surface area contributed by atoms with Crippen molar-refractivity contribution in [2.75, 3.05) is 6.61 Å². The summed E-state index contributed by atoms with van der Waals surface area (Å²) in [6, 6.07) is 15.1. The molecule has 3 nitrogen and oxygen atoms in total. The number of hydrogen-bond donors (Lipinski definition) is 0. The quantitative estimate of drug-likeness (QED) is 0.602. The normalized spacial score (nSPS) is 11.5. The number of fused-ring (bicyclic) bond motifs is 1. The van der Waals surface area contributed by atoms with E-state index in [0.29, 0.717) is 16.3 Å². The van der Waals surface area contributed by atoms with E-state index in [-0.39, 0.29) is 23.6 Å². The third-order valence-electron chi connectivity index (χ3n) is 3.89. The lowest BCUT2D eigenvalue weighted by atomic mass is 9.97. The van der Waals surface area contributed by atoms with E-state index in [1.165, 1.54) is 0 Å². The fraction of sp³-hybridized carbons (Fsp3) is 0.200. The van der Waals surface area contributed by atoms with Crippen LogP contribution in [0.4, 0.5) is 13.2 Å². The number of carbonyl (C=O) groups is 1. The molecule has 6 heteroatoms. The molecular formula is C20H16F3NO2. The van der Waals surface area contributed by atoms with E-state index >= 15 is 0 Å². The summed E-state index contributed by atoms with van der Waals surface area (Å²) < 4.78 is 44.3. The number of rotatable bonds is 4. The van der Waals surface area contributed by atoms with Crippen LogP contribution in [0.5, 0.6) is 0 Å². The van der Waals surface area contributed by atoms with Gasteiger partial charge in [-0.05, 0) is 6.92 Å². The summed E-state index contributed by atoms with van der Waals surface area (Å²) in [6.45, 7) is 1.83. The van der Waals surface area contributed by atoms with Crippen molar-refractivity contribution in [3.63, 3.8) is 0 Å². The summed E-state index contributed by atoms with van der Waals surface area (Å²) in [5, 5.41) is 0.701. The van der Waals surface area contributed by atoms with Crippen LogP contribution in [0.2, 0.25) is 0 Å². The van der Waals surface area contributed by atoms with Crippen molar-refractivity contribution in [1.82, 2.24) is 4.98 Å². The number of ether oxygens (including phenoxy) is 1. The Kier molecular flexibility index (Phi) is 4.93. The molecule has 134 valence electrons. The fourth-order valence-electron chi connectivity index (χ4n) is 2.87. The zero-order chi connectivity index (χ0) is 18.7. The van der Waals surface area contributed by atoms with E-state index < -0.39 is 18.6 Å². The zero-order valence-corrected chi connectivity index (χ0v) is 14.0. The monoisotopic (exact) mass is 359 g/mol. The van der Waals surface area contributed by atoms with Gasteiger partial charge in [0.2, 0.25) is 0 Å². The predicted octanol–water partition coefficient (Wildman–Crippen LogP) is 5.18. The molecular weight excluding hydrogens is 343 g/mol. The number of aromatic nitrogens is 1. The maximum atomic E-state index is 13.1. The van der Waals surface area contributed by atoms with Crippen LogP contribution < -0.4 is 0 Å². The summed E-state index contributed by atoms with van der Waals surface area (Å²) in [5.41, 5.74) is 0.825. The summed E-state index contributed by atoms with van der Waals surface area (Å²) in [6.07, 6.45) is -5.58. The molecule has 0 amide bonds. The molecule has 0 saturated heterocycles. The van der Waals surface area contributed by atoms with Gasteiger partial charge in [-0.15, -0.1) is 0 Å². The average molecular weight is 359 g/mol. The molecule has 3 aromatic rings. The van der Waals surface area contributed by atoms with Crippen molar-refractivity contribution in [3.05, 3.63) is 65.9 Å². The Morgan fingerprint density at radius 3 is 2.23 bits per heavy atom. The van der Waals surface area contributed by atoms with Crippen molar-refractivity contribution in [1.29, 1.82) is 0 Å². The van der Waals surface area contributed by atoms with Gasteiger partial charge in [-0.25, -0.2) is 4.79 Å². The van der Waals surface area contributed by atoms with Gasteiger partial charge in [0.15, 0.2) is 0 Å². The molecule has 0 fully saturated rings. The Balaban J connectivity index is 2.35. The molecule has 26 heavy (non-hydrogen) atoms. The first-order valence-corrected chi connectivity index (χ1v) is 8.11. The highest BCUT2D eigenvalue weighted by molar-refractivity contribution is 6.09. The van der Waals surface area contributed by atoms with Crippen molar-refractivity contribution in [2.45, 2.75) is 19.5 Å². The van der Waals surface area contributed by atoms with Gasteiger partial charge < -0.3 is 4.74 Å². The van der Waals surface area contributed by atoms with Crippen LogP contribution in [0.15, 0.2) is 54.6 Å². The summed E-state index contributed by atoms with van der Waals surface area (Å²) in [4.78, 5) is 16.8. The minimum absolute atomic E-state index is 0.111. The largest absolute Gasteiger partial charge is 0.462 e. The third-order valence-corrected chi connectivity index (χ3v) is 3.89. The van der Waals surface area contributed by atoms with Crippen LogP contribution in [0.1, 0.15) is 23.0 Å². The van der Waals surface area contributed by atoms with E-state index in [9.17, 15) is 18.0 Å². The van der Waals surface area contributed by atoms with Crippen molar-refractivity contribution in [3.8, 4) is 11.3 Å². The second kappa shape index (κ2) is 7.15. The van der Waals surface area contributed by atoms with E-state index in [1.54, 1.807) is 61.5 Å². The molecule has 3 rings (SSSR count). The van der Waals surface area contributed by atoms with Crippen LogP contribution >= 0.6 is 0 Å². The third kappa shape index (κ3) is 3.69. The first-order valence-electron chi connectivity index (χ1n) is 8.11. The second-order valence-electron chi connectivity index (χ2n) is 5.71. The SMILES string of the molecule is CCOC(=O)c1c(-c2ccccc2)nc(CC(F)(F)F)c2ccccc12. The van der Waals surface area contributed by atoms with E-state index in [1.807, 2.05) is 0 Å². The first-order chi connectivity index (χ1) is 12.4. The Morgan fingerprint density at radius 1 is 1.00 bits per heavy atom. The van der Waals surface area contributed by atoms with Crippen molar-refractivity contribution < 1.29 is 22.7 Å².